The summed E-state index contributed by atoms with van der Waals surface area (Å²) in [6, 6.07) is 2.01. The fourth-order valence-corrected chi connectivity index (χ4v) is 3.03. The molecule has 0 bridgehead atoms. The van der Waals surface area contributed by atoms with E-state index in [9.17, 15) is 8.42 Å². The number of sulfonamides is 1. The van der Waals surface area contributed by atoms with Crippen LogP contribution in [0.1, 0.15) is 30.9 Å². The Labute approximate surface area is 108 Å². The van der Waals surface area contributed by atoms with Crippen LogP contribution in [-0.4, -0.2) is 48.9 Å². The van der Waals surface area contributed by atoms with Crippen molar-refractivity contribution in [3.8, 4) is 0 Å². The fraction of sp³-hybridized carbons (Fsp3) is 0.727. The molecule has 1 aromatic heterocycles. The number of likely N-dealkylation sites (tertiary alicyclic amines) is 1. The summed E-state index contributed by atoms with van der Waals surface area (Å²) in [5.41, 5.74) is 1.17. The van der Waals surface area contributed by atoms with Crippen molar-refractivity contribution in [3.05, 3.63) is 18.0 Å². The van der Waals surface area contributed by atoms with Crippen molar-refractivity contribution in [3.63, 3.8) is 0 Å². The Morgan fingerprint density at radius 2 is 2.39 bits per heavy atom. The average molecular weight is 272 g/mol. The number of aromatic nitrogens is 2. The zero-order valence-electron chi connectivity index (χ0n) is 10.4. The maximum Gasteiger partial charge on any atom is 0.209 e. The summed E-state index contributed by atoms with van der Waals surface area (Å²) < 4.78 is 21.7. The molecule has 1 aliphatic rings. The van der Waals surface area contributed by atoms with Crippen molar-refractivity contribution in [2.24, 2.45) is 5.14 Å². The molecule has 18 heavy (non-hydrogen) atoms. The first-order valence-corrected chi connectivity index (χ1v) is 7.98. The molecule has 3 N–H and O–H groups in total. The molecule has 0 radical (unpaired) electrons. The second-order valence-electron chi connectivity index (χ2n) is 4.87. The van der Waals surface area contributed by atoms with E-state index in [0.29, 0.717) is 12.3 Å². The maximum absolute atomic E-state index is 10.9. The van der Waals surface area contributed by atoms with Crippen LogP contribution in [0.2, 0.25) is 0 Å². The minimum atomic E-state index is -3.32. The number of nitrogens with zero attached hydrogens (tertiary/aromatic N) is 2. The van der Waals surface area contributed by atoms with E-state index >= 15 is 0 Å². The molecule has 0 saturated carbocycles. The monoisotopic (exact) mass is 272 g/mol. The molecule has 1 aromatic rings. The second-order valence-corrected chi connectivity index (χ2v) is 6.61. The predicted octanol–water partition coefficient (Wildman–Crippen LogP) is 0.268. The Morgan fingerprint density at radius 3 is 3.06 bits per heavy atom. The number of hydrogen-bond donors (Lipinski definition) is 2. The smallest absolute Gasteiger partial charge is 0.209 e. The van der Waals surface area contributed by atoms with Crippen molar-refractivity contribution >= 4 is 10.0 Å². The quantitative estimate of drug-likeness (QED) is 0.804. The molecule has 1 atom stereocenters. The molecule has 6 nitrogen and oxygen atoms in total. The lowest BCUT2D eigenvalue weighted by atomic mass is 9.95. The van der Waals surface area contributed by atoms with Crippen LogP contribution in [0.25, 0.3) is 0 Å². The van der Waals surface area contributed by atoms with Crippen LogP contribution in [0.4, 0.5) is 0 Å². The summed E-state index contributed by atoms with van der Waals surface area (Å²) in [4.78, 5) is 2.31. The Balaban J connectivity index is 1.80. The number of aromatic amines is 1. The maximum atomic E-state index is 10.9. The molecule has 1 unspecified atom stereocenters. The summed E-state index contributed by atoms with van der Waals surface area (Å²) in [5.74, 6) is 0.550. The minimum Gasteiger partial charge on any atom is -0.303 e. The highest BCUT2D eigenvalue weighted by Gasteiger charge is 2.22. The standard InChI is InChI=1S/C11H20N4O2S/c12-18(16,17)8-2-7-15-6-1-3-10(9-15)11-4-5-13-14-11/h4-5,10H,1-3,6-9H2,(H,13,14)(H2,12,16,17). The number of rotatable bonds is 5. The van der Waals surface area contributed by atoms with E-state index in [2.05, 4.69) is 15.1 Å². The zero-order valence-corrected chi connectivity index (χ0v) is 11.2. The third kappa shape index (κ3) is 4.08. The van der Waals surface area contributed by atoms with Crippen molar-refractivity contribution in [1.29, 1.82) is 0 Å². The zero-order chi connectivity index (χ0) is 13.0. The summed E-state index contributed by atoms with van der Waals surface area (Å²) in [5, 5.41) is 12.0. The van der Waals surface area contributed by atoms with Gasteiger partial charge in [-0.15, -0.1) is 0 Å². The molecular formula is C11H20N4O2S. The van der Waals surface area contributed by atoms with E-state index in [1.54, 1.807) is 6.20 Å². The lowest BCUT2D eigenvalue weighted by Gasteiger charge is -2.32. The van der Waals surface area contributed by atoms with Crippen molar-refractivity contribution in [2.45, 2.75) is 25.2 Å². The van der Waals surface area contributed by atoms with Gasteiger partial charge in [-0.2, -0.15) is 5.10 Å². The van der Waals surface area contributed by atoms with Crippen LogP contribution < -0.4 is 5.14 Å². The second kappa shape index (κ2) is 5.81. The Hall–Kier alpha value is -0.920. The minimum absolute atomic E-state index is 0.0677. The summed E-state index contributed by atoms with van der Waals surface area (Å²) >= 11 is 0. The molecular weight excluding hydrogens is 252 g/mol. The third-order valence-electron chi connectivity index (χ3n) is 3.37. The molecule has 0 amide bonds. The van der Waals surface area contributed by atoms with E-state index in [0.717, 1.165) is 32.5 Å². The van der Waals surface area contributed by atoms with Crippen LogP contribution in [-0.2, 0) is 10.0 Å². The molecule has 0 aromatic carbocycles. The first kappa shape index (κ1) is 13.5. The van der Waals surface area contributed by atoms with E-state index in [4.69, 9.17) is 5.14 Å². The molecule has 1 saturated heterocycles. The molecule has 1 aliphatic heterocycles. The van der Waals surface area contributed by atoms with Crippen LogP contribution in [0.5, 0.6) is 0 Å². The summed E-state index contributed by atoms with van der Waals surface area (Å²) in [6.45, 7) is 2.79. The summed E-state index contributed by atoms with van der Waals surface area (Å²) in [6.07, 6.45) is 4.68. The van der Waals surface area contributed by atoms with Gasteiger partial charge in [0.15, 0.2) is 0 Å². The van der Waals surface area contributed by atoms with Gasteiger partial charge in [-0.1, -0.05) is 0 Å². The van der Waals surface area contributed by atoms with E-state index in [1.807, 2.05) is 6.07 Å². The Bertz CT molecular complexity index is 457. The average Bonchev–Trinajstić information content (AvgIpc) is 2.81. The van der Waals surface area contributed by atoms with Gasteiger partial charge >= 0.3 is 0 Å². The van der Waals surface area contributed by atoms with Gasteiger partial charge in [0.1, 0.15) is 0 Å². The van der Waals surface area contributed by atoms with Gasteiger partial charge in [-0.05, 0) is 38.4 Å². The lowest BCUT2D eigenvalue weighted by Crippen LogP contribution is -2.36. The first-order valence-electron chi connectivity index (χ1n) is 6.27. The van der Waals surface area contributed by atoms with Gasteiger partial charge < -0.3 is 4.90 Å². The Kier molecular flexibility index (Phi) is 4.36. The van der Waals surface area contributed by atoms with E-state index < -0.39 is 10.0 Å². The largest absolute Gasteiger partial charge is 0.303 e. The molecule has 7 heteroatoms. The fourth-order valence-electron chi connectivity index (χ4n) is 2.50. The highest BCUT2D eigenvalue weighted by Crippen LogP contribution is 2.25. The van der Waals surface area contributed by atoms with Crippen LogP contribution in [0.15, 0.2) is 12.3 Å². The summed E-state index contributed by atoms with van der Waals surface area (Å²) in [7, 11) is -3.32. The molecule has 2 heterocycles. The predicted molar refractivity (Wildman–Crippen MR) is 69.6 cm³/mol. The molecule has 102 valence electrons. The molecule has 2 rings (SSSR count). The van der Waals surface area contributed by atoms with Crippen molar-refractivity contribution < 1.29 is 8.42 Å². The van der Waals surface area contributed by atoms with E-state index in [1.165, 1.54) is 5.69 Å². The highest BCUT2D eigenvalue weighted by molar-refractivity contribution is 7.89. The Morgan fingerprint density at radius 1 is 1.56 bits per heavy atom. The topological polar surface area (TPSA) is 92.1 Å². The van der Waals surface area contributed by atoms with Gasteiger partial charge in [0.2, 0.25) is 10.0 Å². The van der Waals surface area contributed by atoms with Gasteiger partial charge in [0.05, 0.1) is 5.75 Å². The van der Waals surface area contributed by atoms with Crippen LogP contribution >= 0.6 is 0 Å². The first-order chi connectivity index (χ1) is 8.54. The van der Waals surface area contributed by atoms with Gasteiger partial charge in [-0.3, -0.25) is 5.10 Å². The number of primary sulfonamides is 1. The van der Waals surface area contributed by atoms with Crippen LogP contribution in [0.3, 0.4) is 0 Å². The third-order valence-corrected chi connectivity index (χ3v) is 4.23. The van der Waals surface area contributed by atoms with Crippen molar-refractivity contribution in [1.82, 2.24) is 15.1 Å². The van der Waals surface area contributed by atoms with Crippen LogP contribution in [0, 0.1) is 0 Å². The number of nitrogens with one attached hydrogen (secondary N) is 1. The number of H-pyrrole nitrogens is 1. The normalized spacial score (nSPS) is 22.2. The molecule has 0 aliphatic carbocycles. The highest BCUT2D eigenvalue weighted by atomic mass is 32.2. The van der Waals surface area contributed by atoms with Gasteiger partial charge in [0, 0.05) is 24.4 Å². The number of piperidine rings is 1. The van der Waals surface area contributed by atoms with Crippen molar-refractivity contribution in [2.75, 3.05) is 25.4 Å². The number of nitrogens with two attached hydrogens (primary N) is 1. The van der Waals surface area contributed by atoms with E-state index in [-0.39, 0.29) is 5.75 Å². The van der Waals surface area contributed by atoms with Gasteiger partial charge in [0.25, 0.3) is 0 Å². The lowest BCUT2D eigenvalue weighted by molar-refractivity contribution is 0.207. The molecule has 1 fully saturated rings. The van der Waals surface area contributed by atoms with Gasteiger partial charge in [-0.25, -0.2) is 13.6 Å². The molecule has 0 spiro atoms. The number of hydrogen-bond acceptors (Lipinski definition) is 4. The SMILES string of the molecule is NS(=O)(=O)CCCN1CCCC(c2ccn[nH]2)C1.